The number of aromatic amines is 1. The van der Waals surface area contributed by atoms with E-state index in [0.717, 1.165) is 25.9 Å². The number of hydrogen-bond acceptors (Lipinski definition) is 4. The highest BCUT2D eigenvalue weighted by Gasteiger charge is 2.33. The topological polar surface area (TPSA) is 78.1 Å². The first-order valence-electron chi connectivity index (χ1n) is 5.87. The monoisotopic (exact) mass is 294 g/mol. The van der Waals surface area contributed by atoms with E-state index in [1.165, 1.54) is 12.5 Å². The zero-order chi connectivity index (χ0) is 12.3. The minimum absolute atomic E-state index is 0. The van der Waals surface area contributed by atoms with E-state index in [1.807, 2.05) is 6.92 Å². The molecule has 1 aliphatic heterocycles. The van der Waals surface area contributed by atoms with E-state index in [1.54, 1.807) is 4.31 Å². The minimum Gasteiger partial charge on any atom is -0.335 e. The van der Waals surface area contributed by atoms with Gasteiger partial charge in [-0.15, -0.1) is 12.4 Å². The second kappa shape index (κ2) is 6.51. The molecule has 0 aromatic carbocycles. The van der Waals surface area contributed by atoms with Crippen LogP contribution < -0.4 is 5.32 Å². The quantitative estimate of drug-likeness (QED) is 0.833. The Labute approximate surface area is 114 Å². The van der Waals surface area contributed by atoms with Gasteiger partial charge in [0, 0.05) is 19.1 Å². The second-order valence-corrected chi connectivity index (χ2v) is 6.04. The fraction of sp³-hybridized carbons (Fsp3) is 0.700. The Morgan fingerprint density at radius 3 is 2.83 bits per heavy atom. The van der Waals surface area contributed by atoms with E-state index in [0.29, 0.717) is 6.54 Å². The van der Waals surface area contributed by atoms with Crippen molar-refractivity contribution in [3.8, 4) is 0 Å². The maximum Gasteiger partial charge on any atom is 0.260 e. The molecule has 2 heterocycles. The van der Waals surface area contributed by atoms with Crippen molar-refractivity contribution in [3.05, 3.63) is 12.5 Å². The summed E-state index contributed by atoms with van der Waals surface area (Å²) in [5, 5.41) is 3.38. The number of rotatable bonds is 5. The van der Waals surface area contributed by atoms with Crippen molar-refractivity contribution in [3.63, 3.8) is 0 Å². The summed E-state index contributed by atoms with van der Waals surface area (Å²) in [5.74, 6) is 0. The van der Waals surface area contributed by atoms with Crippen LogP contribution in [0.4, 0.5) is 0 Å². The maximum absolute atomic E-state index is 12.4. The van der Waals surface area contributed by atoms with Gasteiger partial charge in [-0.2, -0.15) is 4.31 Å². The summed E-state index contributed by atoms with van der Waals surface area (Å²) in [4.78, 5) is 6.46. The van der Waals surface area contributed by atoms with E-state index in [-0.39, 0.29) is 23.5 Å². The van der Waals surface area contributed by atoms with Gasteiger partial charge in [0.05, 0.1) is 12.5 Å². The van der Waals surface area contributed by atoms with Crippen molar-refractivity contribution in [1.29, 1.82) is 0 Å². The summed E-state index contributed by atoms with van der Waals surface area (Å²) >= 11 is 0. The minimum atomic E-state index is -3.43. The van der Waals surface area contributed by atoms with Gasteiger partial charge in [0.1, 0.15) is 0 Å². The number of aromatic nitrogens is 2. The largest absolute Gasteiger partial charge is 0.335 e. The molecule has 0 spiro atoms. The molecule has 1 saturated heterocycles. The van der Waals surface area contributed by atoms with Gasteiger partial charge in [0.25, 0.3) is 10.0 Å². The lowest BCUT2D eigenvalue weighted by Crippen LogP contribution is -2.42. The summed E-state index contributed by atoms with van der Waals surface area (Å²) < 4.78 is 26.4. The zero-order valence-electron chi connectivity index (χ0n) is 10.3. The van der Waals surface area contributed by atoms with E-state index in [9.17, 15) is 8.42 Å². The molecule has 0 radical (unpaired) electrons. The highest BCUT2D eigenvalue weighted by Crippen LogP contribution is 2.19. The first-order chi connectivity index (χ1) is 8.16. The number of halogens is 1. The van der Waals surface area contributed by atoms with E-state index in [2.05, 4.69) is 15.3 Å². The molecule has 1 unspecified atom stereocenters. The van der Waals surface area contributed by atoms with E-state index < -0.39 is 10.0 Å². The van der Waals surface area contributed by atoms with Crippen molar-refractivity contribution in [2.75, 3.05) is 19.6 Å². The molecule has 1 aromatic heterocycles. The van der Waals surface area contributed by atoms with Gasteiger partial charge in [0.2, 0.25) is 0 Å². The molecule has 0 saturated carbocycles. The SMILES string of the molecule is CCCN(C1CCNC1)S(=O)(=O)c1cnc[nH]1.Cl. The van der Waals surface area contributed by atoms with Crippen LogP contribution in [0.2, 0.25) is 0 Å². The van der Waals surface area contributed by atoms with Crippen molar-refractivity contribution in [2.24, 2.45) is 0 Å². The maximum atomic E-state index is 12.4. The van der Waals surface area contributed by atoms with Gasteiger partial charge >= 0.3 is 0 Å². The van der Waals surface area contributed by atoms with Crippen LogP contribution in [-0.2, 0) is 10.0 Å². The molecule has 0 bridgehead atoms. The molecule has 2 rings (SSSR count). The Balaban J connectivity index is 0.00000162. The average molecular weight is 295 g/mol. The number of sulfonamides is 1. The van der Waals surface area contributed by atoms with Crippen molar-refractivity contribution < 1.29 is 8.42 Å². The van der Waals surface area contributed by atoms with Crippen molar-refractivity contribution >= 4 is 22.4 Å². The number of hydrogen-bond donors (Lipinski definition) is 2. The Hall–Kier alpha value is -0.630. The first kappa shape index (κ1) is 15.4. The normalized spacial score (nSPS) is 20.0. The predicted molar refractivity (Wildman–Crippen MR) is 71.3 cm³/mol. The third kappa shape index (κ3) is 3.03. The number of H-pyrrole nitrogens is 1. The lowest BCUT2D eigenvalue weighted by Gasteiger charge is -2.26. The Kier molecular flexibility index (Phi) is 5.58. The molecule has 1 fully saturated rings. The highest BCUT2D eigenvalue weighted by molar-refractivity contribution is 7.89. The standard InChI is InChI=1S/C10H18N4O2S.ClH/c1-2-5-14(9-3-4-11-6-9)17(15,16)10-7-12-8-13-10;/h7-9,11H,2-6H2,1H3,(H,12,13);1H. The molecule has 18 heavy (non-hydrogen) atoms. The summed E-state index contributed by atoms with van der Waals surface area (Å²) in [6, 6.07) is 0.0586. The average Bonchev–Trinajstić information content (AvgIpc) is 2.97. The Bertz CT molecular complexity index is 442. The van der Waals surface area contributed by atoms with E-state index in [4.69, 9.17) is 0 Å². The third-order valence-corrected chi connectivity index (χ3v) is 4.82. The molecular formula is C10H19ClN4O2S. The first-order valence-corrected chi connectivity index (χ1v) is 7.31. The molecule has 1 aliphatic rings. The van der Waals surface area contributed by atoms with Gasteiger partial charge in [-0.05, 0) is 19.4 Å². The molecule has 0 amide bonds. The van der Waals surface area contributed by atoms with Crippen molar-refractivity contribution in [2.45, 2.75) is 30.8 Å². The highest BCUT2D eigenvalue weighted by atomic mass is 35.5. The summed E-state index contributed by atoms with van der Waals surface area (Å²) in [7, 11) is -3.43. The lowest BCUT2D eigenvalue weighted by molar-refractivity contribution is 0.334. The molecule has 1 atom stereocenters. The van der Waals surface area contributed by atoms with Crippen LogP contribution >= 0.6 is 12.4 Å². The Morgan fingerprint density at radius 1 is 1.56 bits per heavy atom. The lowest BCUT2D eigenvalue weighted by atomic mass is 10.2. The van der Waals surface area contributed by atoms with Gasteiger partial charge in [-0.25, -0.2) is 13.4 Å². The molecule has 6 nitrogen and oxygen atoms in total. The van der Waals surface area contributed by atoms with Crippen LogP contribution in [-0.4, -0.2) is 48.4 Å². The van der Waals surface area contributed by atoms with Crippen LogP contribution in [0.15, 0.2) is 17.6 Å². The number of nitrogens with zero attached hydrogens (tertiary/aromatic N) is 2. The van der Waals surface area contributed by atoms with Crippen LogP contribution in [0, 0.1) is 0 Å². The van der Waals surface area contributed by atoms with Crippen LogP contribution in [0.1, 0.15) is 19.8 Å². The zero-order valence-corrected chi connectivity index (χ0v) is 11.9. The molecule has 104 valence electrons. The molecular weight excluding hydrogens is 276 g/mol. The number of nitrogens with one attached hydrogen (secondary N) is 2. The van der Waals surface area contributed by atoms with Crippen LogP contribution in [0.3, 0.4) is 0 Å². The summed E-state index contributed by atoms with van der Waals surface area (Å²) in [6.07, 6.45) is 4.43. The molecule has 2 N–H and O–H groups in total. The second-order valence-electron chi connectivity index (χ2n) is 4.18. The van der Waals surface area contributed by atoms with Crippen molar-refractivity contribution in [1.82, 2.24) is 19.6 Å². The predicted octanol–water partition coefficient (Wildman–Crippen LogP) is 0.594. The van der Waals surface area contributed by atoms with E-state index >= 15 is 0 Å². The van der Waals surface area contributed by atoms with Crippen LogP contribution in [0.25, 0.3) is 0 Å². The molecule has 0 aliphatic carbocycles. The summed E-state index contributed by atoms with van der Waals surface area (Å²) in [5.41, 5.74) is 0. The van der Waals surface area contributed by atoms with Gasteiger partial charge < -0.3 is 10.3 Å². The molecule has 1 aromatic rings. The Morgan fingerprint density at radius 2 is 2.33 bits per heavy atom. The summed E-state index contributed by atoms with van der Waals surface area (Å²) in [6.45, 7) is 4.14. The number of imidazole rings is 1. The molecule has 8 heteroatoms. The fourth-order valence-corrected chi connectivity index (χ4v) is 3.76. The third-order valence-electron chi connectivity index (χ3n) is 2.95. The fourth-order valence-electron chi connectivity index (χ4n) is 2.12. The smallest absolute Gasteiger partial charge is 0.260 e. The van der Waals surface area contributed by atoms with Gasteiger partial charge in [-0.1, -0.05) is 6.92 Å². The van der Waals surface area contributed by atoms with Crippen LogP contribution in [0.5, 0.6) is 0 Å². The van der Waals surface area contributed by atoms with Gasteiger partial charge in [-0.3, -0.25) is 0 Å². The van der Waals surface area contributed by atoms with Gasteiger partial charge in [0.15, 0.2) is 5.03 Å².